The second-order valence-electron chi connectivity index (χ2n) is 8.91. The third-order valence-corrected chi connectivity index (χ3v) is 6.04. The number of hydrogen-bond acceptors (Lipinski definition) is 5. The Hall–Kier alpha value is -2.37. The van der Waals surface area contributed by atoms with E-state index in [2.05, 4.69) is 30.1 Å². The molecule has 2 aromatic rings. The quantitative estimate of drug-likeness (QED) is 0.492. The number of hydrogen-bond donors (Lipinski definition) is 0. The van der Waals surface area contributed by atoms with Crippen LogP contribution in [0.2, 0.25) is 0 Å². The highest BCUT2D eigenvalue weighted by Gasteiger charge is 2.35. The predicted octanol–water partition coefficient (Wildman–Crippen LogP) is 4.98. The van der Waals surface area contributed by atoms with Gasteiger partial charge >= 0.3 is 11.9 Å². The monoisotopic (exact) mass is 443 g/mol. The average Bonchev–Trinajstić information content (AvgIpc) is 2.71. The summed E-state index contributed by atoms with van der Waals surface area (Å²) in [4.78, 5) is 27.3. The lowest BCUT2D eigenvalue weighted by atomic mass is 9.77. The number of carbonyl (C=O) groups excluding carboxylic acids is 2. The smallest absolute Gasteiger partial charge is 0.313 e. The average molecular weight is 444 g/mol. The minimum absolute atomic E-state index is 0. The summed E-state index contributed by atoms with van der Waals surface area (Å²) in [6.07, 6.45) is 1.83. The van der Waals surface area contributed by atoms with Crippen molar-refractivity contribution in [1.29, 1.82) is 0 Å². The number of benzene rings is 2. The first-order valence-corrected chi connectivity index (χ1v) is 10.7. The molecule has 1 atom stereocenters. The maximum atomic E-state index is 12.6. The third-order valence-electron chi connectivity index (χ3n) is 6.04. The molecule has 166 valence electrons. The Morgan fingerprint density at radius 3 is 2.32 bits per heavy atom. The highest BCUT2D eigenvalue weighted by atomic mass is 35.5. The minimum Gasteiger partial charge on any atom is -0.422 e. The molecule has 0 unspecified atom stereocenters. The van der Waals surface area contributed by atoms with Crippen molar-refractivity contribution in [1.82, 2.24) is 4.90 Å². The summed E-state index contributed by atoms with van der Waals surface area (Å²) in [6, 6.07) is 10.4. The Kier molecular flexibility index (Phi) is 6.77. The van der Waals surface area contributed by atoms with Gasteiger partial charge in [0.2, 0.25) is 0 Å². The summed E-state index contributed by atoms with van der Waals surface area (Å²) in [5.74, 6) is -0.588. The summed E-state index contributed by atoms with van der Waals surface area (Å²) in [5.41, 5.74) is 5.69. The maximum absolute atomic E-state index is 12.6. The number of nitrogens with zero attached hydrogens (tertiary/aromatic N) is 1. The van der Waals surface area contributed by atoms with Crippen LogP contribution in [0.15, 0.2) is 30.3 Å². The molecule has 1 aliphatic heterocycles. The van der Waals surface area contributed by atoms with Gasteiger partial charge in [-0.05, 0) is 48.2 Å². The van der Waals surface area contributed by atoms with Crippen LogP contribution in [0.5, 0.6) is 11.5 Å². The van der Waals surface area contributed by atoms with Crippen molar-refractivity contribution >= 4 is 24.3 Å². The lowest BCUT2D eigenvalue weighted by molar-refractivity contribution is -0.140. The molecular formula is C25H30ClNO4. The van der Waals surface area contributed by atoms with Gasteiger partial charge in [-0.15, -0.1) is 12.4 Å². The van der Waals surface area contributed by atoms with Crippen molar-refractivity contribution in [2.45, 2.75) is 46.6 Å². The molecule has 0 N–H and O–H groups in total. The second-order valence-corrected chi connectivity index (χ2v) is 8.91. The molecule has 2 aliphatic rings. The van der Waals surface area contributed by atoms with E-state index in [1.165, 1.54) is 11.1 Å². The molecule has 31 heavy (non-hydrogen) atoms. The summed E-state index contributed by atoms with van der Waals surface area (Å²) >= 11 is 0. The van der Waals surface area contributed by atoms with E-state index >= 15 is 0 Å². The molecular weight excluding hydrogens is 414 g/mol. The molecule has 0 amide bonds. The van der Waals surface area contributed by atoms with Crippen molar-refractivity contribution in [3.05, 3.63) is 47.0 Å². The van der Waals surface area contributed by atoms with E-state index in [1.54, 1.807) is 33.8 Å². The van der Waals surface area contributed by atoms with Crippen LogP contribution in [0.4, 0.5) is 0 Å². The van der Waals surface area contributed by atoms with Crippen molar-refractivity contribution in [3.8, 4) is 22.6 Å². The number of halogens is 1. The molecule has 6 heteroatoms. The van der Waals surface area contributed by atoms with Gasteiger partial charge < -0.3 is 9.47 Å². The lowest BCUT2D eigenvalue weighted by Crippen LogP contribution is -2.35. The number of likely N-dealkylation sites (N-methyl/N-ethyl adjacent to an activating group) is 1. The zero-order valence-electron chi connectivity index (χ0n) is 18.7. The first-order chi connectivity index (χ1) is 14.3. The predicted molar refractivity (Wildman–Crippen MR) is 123 cm³/mol. The van der Waals surface area contributed by atoms with E-state index in [9.17, 15) is 9.59 Å². The fourth-order valence-corrected chi connectivity index (χ4v) is 4.28. The molecule has 0 saturated heterocycles. The summed E-state index contributed by atoms with van der Waals surface area (Å²) in [6.45, 7) is 8.19. The molecule has 0 aromatic heterocycles. The van der Waals surface area contributed by atoms with E-state index in [4.69, 9.17) is 9.47 Å². The van der Waals surface area contributed by atoms with Crippen molar-refractivity contribution in [2.24, 2.45) is 11.8 Å². The van der Waals surface area contributed by atoms with Crippen LogP contribution in [0, 0.1) is 11.8 Å². The Labute approximate surface area is 190 Å². The topological polar surface area (TPSA) is 55.8 Å². The Balaban J connectivity index is 0.00000272. The van der Waals surface area contributed by atoms with E-state index in [0.29, 0.717) is 17.5 Å². The van der Waals surface area contributed by atoms with Gasteiger partial charge in [-0.2, -0.15) is 0 Å². The van der Waals surface area contributed by atoms with Gasteiger partial charge in [-0.3, -0.25) is 14.5 Å². The van der Waals surface area contributed by atoms with Gasteiger partial charge in [0.15, 0.2) is 11.5 Å². The molecule has 0 spiro atoms. The van der Waals surface area contributed by atoms with Gasteiger partial charge in [-0.1, -0.05) is 52.0 Å². The van der Waals surface area contributed by atoms with E-state index in [0.717, 1.165) is 36.1 Å². The van der Waals surface area contributed by atoms with Crippen LogP contribution in [0.1, 0.15) is 50.4 Å². The normalized spacial score (nSPS) is 16.9. The number of fused-ring (bicyclic) bond motifs is 2. The highest BCUT2D eigenvalue weighted by Crippen LogP contribution is 2.51. The minimum atomic E-state index is -0.347. The number of ether oxygens (including phenoxy) is 2. The third kappa shape index (κ3) is 4.21. The molecule has 1 aliphatic carbocycles. The Bertz CT molecular complexity index is 1010. The molecule has 0 fully saturated rings. The zero-order valence-corrected chi connectivity index (χ0v) is 19.5. The van der Waals surface area contributed by atoms with Crippen LogP contribution in [0.3, 0.4) is 0 Å². The fraction of sp³-hybridized carbons (Fsp3) is 0.440. The lowest BCUT2D eigenvalue weighted by Gasteiger charge is -2.40. The van der Waals surface area contributed by atoms with Crippen molar-refractivity contribution in [3.63, 3.8) is 0 Å². The fourth-order valence-electron chi connectivity index (χ4n) is 4.28. The number of esters is 2. The largest absolute Gasteiger partial charge is 0.422 e. The SMILES string of the molecule is CC(C)C(=O)Oc1ccc2c(c1OC(=O)C(C)C)-c1cccc3c1[C@@H](C2)N(C)CC3.Cl. The molecule has 4 rings (SSSR count). The van der Waals surface area contributed by atoms with E-state index in [1.807, 2.05) is 6.07 Å². The van der Waals surface area contributed by atoms with Crippen LogP contribution in [0.25, 0.3) is 11.1 Å². The standard InChI is InChI=1S/C25H29NO4.ClH/c1-14(2)24(27)29-20-10-9-17-13-19-21-16(11-12-26(19)5)7-6-8-18(21)22(17)23(20)30-25(28)15(3)4;/h6-10,14-15,19H,11-13H2,1-5H3;1H/t19-;/m1./s1. The summed E-state index contributed by atoms with van der Waals surface area (Å²) in [7, 11) is 2.16. The highest BCUT2D eigenvalue weighted by molar-refractivity contribution is 5.87. The number of carbonyl (C=O) groups is 2. The molecule has 2 aromatic carbocycles. The van der Waals surface area contributed by atoms with E-state index < -0.39 is 0 Å². The van der Waals surface area contributed by atoms with E-state index in [-0.39, 0.29) is 36.2 Å². The Morgan fingerprint density at radius 1 is 0.968 bits per heavy atom. The van der Waals surface area contributed by atoms with Gasteiger partial charge in [0, 0.05) is 18.2 Å². The summed E-state index contributed by atoms with van der Waals surface area (Å²) in [5, 5.41) is 0. The summed E-state index contributed by atoms with van der Waals surface area (Å²) < 4.78 is 11.5. The van der Waals surface area contributed by atoms with Gasteiger partial charge in [0.25, 0.3) is 0 Å². The molecule has 0 radical (unpaired) electrons. The van der Waals surface area contributed by atoms with Crippen LogP contribution in [-0.2, 0) is 22.4 Å². The van der Waals surface area contributed by atoms with Crippen LogP contribution in [-0.4, -0.2) is 30.4 Å². The van der Waals surface area contributed by atoms with Crippen LogP contribution < -0.4 is 9.47 Å². The molecule has 5 nitrogen and oxygen atoms in total. The zero-order chi connectivity index (χ0) is 21.6. The van der Waals surface area contributed by atoms with Gasteiger partial charge in [0.05, 0.1) is 11.8 Å². The molecule has 1 heterocycles. The number of rotatable bonds is 4. The van der Waals surface area contributed by atoms with Crippen molar-refractivity contribution < 1.29 is 19.1 Å². The first-order valence-electron chi connectivity index (χ1n) is 10.7. The second kappa shape index (κ2) is 9.01. The molecule has 0 saturated carbocycles. The Morgan fingerprint density at radius 2 is 1.65 bits per heavy atom. The maximum Gasteiger partial charge on any atom is 0.313 e. The van der Waals surface area contributed by atoms with Gasteiger partial charge in [-0.25, -0.2) is 0 Å². The van der Waals surface area contributed by atoms with Gasteiger partial charge in [0.1, 0.15) is 0 Å². The molecule has 0 bridgehead atoms. The van der Waals surface area contributed by atoms with Crippen molar-refractivity contribution in [2.75, 3.05) is 13.6 Å². The van der Waals surface area contributed by atoms with Crippen LogP contribution >= 0.6 is 12.4 Å². The first kappa shape index (κ1) is 23.3.